The summed E-state index contributed by atoms with van der Waals surface area (Å²) in [7, 11) is 0. The molecule has 0 radical (unpaired) electrons. The topological polar surface area (TPSA) is 68.2 Å². The third-order valence-electron chi connectivity index (χ3n) is 3.23. The van der Waals surface area contributed by atoms with Gasteiger partial charge in [-0.1, -0.05) is 0 Å². The molecule has 0 atom stereocenters. The van der Waals surface area contributed by atoms with Gasteiger partial charge in [0.15, 0.2) is 0 Å². The molecule has 2 N–H and O–H groups in total. The molecule has 0 amide bonds. The summed E-state index contributed by atoms with van der Waals surface area (Å²) in [6, 6.07) is 0. The maximum atomic E-state index is 5.44. The van der Waals surface area contributed by atoms with Crippen molar-refractivity contribution in [2.45, 2.75) is 18.3 Å². The fourth-order valence-electron chi connectivity index (χ4n) is 2.46. The predicted octanol–water partition coefficient (Wildman–Crippen LogP) is -0.00100. The van der Waals surface area contributed by atoms with Crippen LogP contribution in [-0.4, -0.2) is 34.7 Å². The normalized spacial score (nSPS) is 37.1. The predicted molar refractivity (Wildman–Crippen MR) is 46.1 cm³/mol. The average Bonchev–Trinajstić information content (AvgIpc) is 2.77. The molecule has 13 heavy (non-hydrogen) atoms. The lowest BCUT2D eigenvalue weighted by Crippen LogP contribution is -2.24. The van der Waals surface area contributed by atoms with Gasteiger partial charge in [-0.2, -0.15) is 4.98 Å². The Kier molecular flexibility index (Phi) is 1.25. The zero-order valence-corrected chi connectivity index (χ0v) is 7.36. The van der Waals surface area contributed by atoms with E-state index in [-0.39, 0.29) is 11.4 Å². The van der Waals surface area contributed by atoms with Crippen molar-refractivity contribution in [1.82, 2.24) is 15.0 Å². The second kappa shape index (κ2) is 2.23. The zero-order valence-electron chi connectivity index (χ0n) is 7.36. The van der Waals surface area contributed by atoms with E-state index in [1.165, 1.54) is 0 Å². The molecule has 5 heteroatoms. The van der Waals surface area contributed by atoms with E-state index >= 15 is 0 Å². The third kappa shape index (κ3) is 0.904. The third-order valence-corrected chi connectivity index (χ3v) is 3.23. The van der Waals surface area contributed by atoms with Crippen molar-refractivity contribution in [1.29, 1.82) is 0 Å². The van der Waals surface area contributed by atoms with Gasteiger partial charge in [0, 0.05) is 6.54 Å². The first kappa shape index (κ1) is 7.32. The minimum absolute atomic E-state index is 0.130. The van der Waals surface area contributed by atoms with Gasteiger partial charge in [-0.15, -0.1) is 0 Å². The summed E-state index contributed by atoms with van der Waals surface area (Å²) >= 11 is 0. The molecule has 70 valence electrons. The van der Waals surface area contributed by atoms with Crippen LogP contribution in [0, 0.1) is 0 Å². The number of rotatable bonds is 1. The first-order valence-corrected chi connectivity index (χ1v) is 4.61. The Morgan fingerprint density at radius 1 is 1.38 bits per heavy atom. The first-order valence-electron chi connectivity index (χ1n) is 4.61. The number of hydrogen-bond donors (Lipinski definition) is 1. The number of nitrogens with two attached hydrogens (primary N) is 1. The van der Waals surface area contributed by atoms with Crippen LogP contribution < -0.4 is 5.73 Å². The molecule has 3 heterocycles. The van der Waals surface area contributed by atoms with Gasteiger partial charge in [0.2, 0.25) is 5.89 Å². The molecule has 0 saturated carbocycles. The van der Waals surface area contributed by atoms with E-state index in [1.807, 2.05) is 0 Å². The highest BCUT2D eigenvalue weighted by atomic mass is 16.5. The van der Waals surface area contributed by atoms with Crippen LogP contribution in [0.15, 0.2) is 4.52 Å². The molecule has 0 aromatic carbocycles. The Labute approximate surface area is 75.9 Å². The Balaban J connectivity index is 2.00. The van der Waals surface area contributed by atoms with E-state index in [9.17, 15) is 0 Å². The Bertz CT molecular complexity index is 327. The molecular formula is C8H12N4O. The number of nitrogen functional groups attached to an aromatic ring is 1. The van der Waals surface area contributed by atoms with Crippen LogP contribution in [0.5, 0.6) is 0 Å². The summed E-state index contributed by atoms with van der Waals surface area (Å²) in [5.41, 5.74) is 5.57. The van der Waals surface area contributed by atoms with Crippen molar-refractivity contribution in [2.24, 2.45) is 0 Å². The fourth-order valence-corrected chi connectivity index (χ4v) is 2.46. The molecule has 2 saturated heterocycles. The van der Waals surface area contributed by atoms with Gasteiger partial charge in [0.25, 0.3) is 5.95 Å². The van der Waals surface area contributed by atoms with Gasteiger partial charge < -0.3 is 15.2 Å². The van der Waals surface area contributed by atoms with E-state index in [2.05, 4.69) is 15.0 Å². The molecule has 1 aromatic rings. The van der Waals surface area contributed by atoms with Crippen molar-refractivity contribution < 1.29 is 4.52 Å². The molecule has 2 fully saturated rings. The number of nitrogens with zero attached hydrogens (tertiary/aromatic N) is 3. The van der Waals surface area contributed by atoms with E-state index < -0.39 is 0 Å². The summed E-state index contributed by atoms with van der Waals surface area (Å²) in [4.78, 5) is 6.57. The maximum absolute atomic E-state index is 5.44. The van der Waals surface area contributed by atoms with E-state index in [0.29, 0.717) is 0 Å². The monoisotopic (exact) mass is 180 g/mol. The lowest BCUT2D eigenvalue weighted by Gasteiger charge is -2.19. The van der Waals surface area contributed by atoms with Crippen molar-refractivity contribution in [3.05, 3.63) is 5.89 Å². The van der Waals surface area contributed by atoms with Crippen LogP contribution >= 0.6 is 0 Å². The highest BCUT2D eigenvalue weighted by molar-refractivity contribution is 5.20. The number of fused-ring (bicyclic) bond motifs is 2. The number of anilines is 1. The Morgan fingerprint density at radius 2 is 2.15 bits per heavy atom. The number of hydrogen-bond acceptors (Lipinski definition) is 5. The minimum atomic E-state index is 0.130. The lowest BCUT2D eigenvalue weighted by atomic mass is 9.85. The number of piperidine rings is 1. The zero-order chi connectivity index (χ0) is 8.89. The van der Waals surface area contributed by atoms with E-state index in [1.54, 1.807) is 0 Å². The van der Waals surface area contributed by atoms with Gasteiger partial charge in [0.1, 0.15) is 0 Å². The summed E-state index contributed by atoms with van der Waals surface area (Å²) < 4.78 is 5.16. The van der Waals surface area contributed by atoms with E-state index in [0.717, 1.165) is 38.4 Å². The number of aromatic nitrogens is 2. The van der Waals surface area contributed by atoms with Gasteiger partial charge >= 0.3 is 0 Å². The second-order valence-corrected chi connectivity index (χ2v) is 4.01. The van der Waals surface area contributed by atoms with Gasteiger partial charge in [0.05, 0.1) is 5.41 Å². The molecule has 2 aliphatic heterocycles. The smallest absolute Gasteiger partial charge is 0.260 e. The fraction of sp³-hybridized carbons (Fsp3) is 0.750. The van der Waals surface area contributed by atoms with Crippen molar-refractivity contribution in [2.75, 3.05) is 25.4 Å². The summed E-state index contributed by atoms with van der Waals surface area (Å²) in [5.74, 6) is 1.000. The Hall–Kier alpha value is -1.10. The van der Waals surface area contributed by atoms with Gasteiger partial charge in [-0.3, -0.25) is 0 Å². The molecule has 2 aliphatic rings. The molecule has 1 aromatic heterocycles. The van der Waals surface area contributed by atoms with E-state index in [4.69, 9.17) is 10.3 Å². The van der Waals surface area contributed by atoms with Crippen LogP contribution in [0.3, 0.4) is 0 Å². The van der Waals surface area contributed by atoms with Crippen molar-refractivity contribution in [3.8, 4) is 0 Å². The Morgan fingerprint density at radius 3 is 2.62 bits per heavy atom. The molecule has 2 bridgehead atoms. The lowest BCUT2D eigenvalue weighted by molar-refractivity contribution is 0.292. The second-order valence-electron chi connectivity index (χ2n) is 4.01. The molecule has 0 spiro atoms. The van der Waals surface area contributed by atoms with Crippen LogP contribution in [0.1, 0.15) is 18.7 Å². The van der Waals surface area contributed by atoms with Crippen molar-refractivity contribution in [3.63, 3.8) is 0 Å². The van der Waals surface area contributed by atoms with Gasteiger partial charge in [-0.25, -0.2) is 0 Å². The molecule has 3 rings (SSSR count). The quantitative estimate of drug-likeness (QED) is 0.658. The van der Waals surface area contributed by atoms with Crippen LogP contribution in [0.4, 0.5) is 5.95 Å². The highest BCUT2D eigenvalue weighted by Gasteiger charge is 2.48. The molecule has 0 aliphatic carbocycles. The summed E-state index contributed by atoms with van der Waals surface area (Å²) in [5, 5.41) is 3.65. The minimum Gasteiger partial charge on any atom is -0.365 e. The first-order chi connectivity index (χ1) is 6.28. The molecule has 0 unspecified atom stereocenters. The van der Waals surface area contributed by atoms with Gasteiger partial charge in [-0.05, 0) is 31.1 Å². The standard InChI is InChI=1S/C8H12N4O/c9-7-10-6(13-11-7)8-1-3-12(5-8)4-2-8/h1-5H2,(H2,9,11). The van der Waals surface area contributed by atoms with Crippen molar-refractivity contribution >= 4 is 5.95 Å². The van der Waals surface area contributed by atoms with Crippen LogP contribution in [0.2, 0.25) is 0 Å². The summed E-state index contributed by atoms with van der Waals surface area (Å²) in [6.07, 6.45) is 2.27. The van der Waals surface area contributed by atoms with Crippen LogP contribution in [-0.2, 0) is 5.41 Å². The summed E-state index contributed by atoms with van der Waals surface area (Å²) in [6.45, 7) is 3.37. The SMILES string of the molecule is Nc1noc(C23CCN(CC2)C3)n1. The average molecular weight is 180 g/mol. The highest BCUT2D eigenvalue weighted by Crippen LogP contribution is 2.42. The maximum Gasteiger partial charge on any atom is 0.260 e. The molecular weight excluding hydrogens is 168 g/mol. The van der Waals surface area contributed by atoms with Crippen LogP contribution in [0.25, 0.3) is 0 Å². The molecule has 5 nitrogen and oxygen atoms in total. The largest absolute Gasteiger partial charge is 0.365 e.